The van der Waals surface area contributed by atoms with Crippen molar-refractivity contribution in [2.75, 3.05) is 7.05 Å². The highest BCUT2D eigenvalue weighted by Gasteiger charge is 2.23. The van der Waals surface area contributed by atoms with E-state index in [-0.39, 0.29) is 5.91 Å². The molecule has 2 heteroatoms. The fraction of sp³-hybridized carbons (Fsp3) is 0.588. The summed E-state index contributed by atoms with van der Waals surface area (Å²) >= 11 is 0. The predicted octanol–water partition coefficient (Wildman–Crippen LogP) is 3.80. The summed E-state index contributed by atoms with van der Waals surface area (Å²) in [4.78, 5) is 11.8. The molecule has 1 unspecified atom stereocenters. The first-order valence-electron chi connectivity index (χ1n) is 7.07. The Morgan fingerprint density at radius 1 is 1.11 bits per heavy atom. The van der Waals surface area contributed by atoms with Crippen LogP contribution in [0.1, 0.15) is 54.0 Å². The Bertz CT molecular complexity index is 448. The number of carbonyl (C=O) groups is 1. The second kappa shape index (κ2) is 6.23. The van der Waals surface area contributed by atoms with Crippen molar-refractivity contribution in [3.05, 3.63) is 33.9 Å². The minimum absolute atomic E-state index is 0.122. The standard InChI is InChI=1S/C17H27NO/c1-10(2)15(9-16(19)18-7)17-13(5)11(3)8-12(4)14(17)6/h8,10,15H,9H2,1-7H3,(H,18,19). The molecule has 1 N–H and O–H groups in total. The van der Waals surface area contributed by atoms with Crippen LogP contribution < -0.4 is 5.32 Å². The van der Waals surface area contributed by atoms with Gasteiger partial charge in [-0.05, 0) is 67.3 Å². The molecule has 1 amide bonds. The molecule has 19 heavy (non-hydrogen) atoms. The molecule has 106 valence electrons. The number of rotatable bonds is 4. The van der Waals surface area contributed by atoms with Gasteiger partial charge in [0.1, 0.15) is 0 Å². The molecular weight excluding hydrogens is 234 g/mol. The van der Waals surface area contributed by atoms with Crippen molar-refractivity contribution in [1.29, 1.82) is 0 Å². The van der Waals surface area contributed by atoms with Gasteiger partial charge in [0.15, 0.2) is 0 Å². The molecule has 0 aliphatic rings. The van der Waals surface area contributed by atoms with E-state index in [0.29, 0.717) is 18.3 Å². The normalized spacial score (nSPS) is 12.6. The van der Waals surface area contributed by atoms with Crippen LogP contribution in [0, 0.1) is 33.6 Å². The van der Waals surface area contributed by atoms with Crippen molar-refractivity contribution in [2.24, 2.45) is 5.92 Å². The third-order valence-electron chi connectivity index (χ3n) is 4.28. The number of carbonyl (C=O) groups excluding carboxylic acids is 1. The average Bonchev–Trinajstić information content (AvgIpc) is 2.34. The van der Waals surface area contributed by atoms with Gasteiger partial charge in [-0.25, -0.2) is 0 Å². The second-order valence-corrected chi connectivity index (χ2v) is 5.90. The Balaban J connectivity index is 3.34. The Kier molecular flexibility index (Phi) is 5.16. The molecule has 1 rings (SSSR count). The number of aryl methyl sites for hydroxylation is 2. The number of nitrogens with one attached hydrogen (secondary N) is 1. The van der Waals surface area contributed by atoms with Crippen LogP contribution in [-0.4, -0.2) is 13.0 Å². The minimum Gasteiger partial charge on any atom is -0.359 e. The third kappa shape index (κ3) is 3.37. The Morgan fingerprint density at radius 3 is 1.95 bits per heavy atom. The molecule has 0 heterocycles. The summed E-state index contributed by atoms with van der Waals surface area (Å²) in [6.07, 6.45) is 0.568. The zero-order valence-electron chi connectivity index (χ0n) is 13.3. The Labute approximate surface area is 117 Å². The largest absolute Gasteiger partial charge is 0.359 e. The van der Waals surface area contributed by atoms with Crippen molar-refractivity contribution in [3.63, 3.8) is 0 Å². The van der Waals surface area contributed by atoms with Gasteiger partial charge < -0.3 is 5.32 Å². The van der Waals surface area contributed by atoms with Crippen LogP contribution in [0.2, 0.25) is 0 Å². The first-order chi connectivity index (χ1) is 8.79. The summed E-state index contributed by atoms with van der Waals surface area (Å²) in [7, 11) is 1.71. The van der Waals surface area contributed by atoms with E-state index < -0.39 is 0 Å². The summed E-state index contributed by atoms with van der Waals surface area (Å²) in [5.41, 5.74) is 6.69. The van der Waals surface area contributed by atoms with E-state index in [1.807, 2.05) is 0 Å². The van der Waals surface area contributed by atoms with E-state index in [0.717, 1.165) is 0 Å². The highest BCUT2D eigenvalue weighted by atomic mass is 16.1. The molecule has 0 fully saturated rings. The lowest BCUT2D eigenvalue weighted by molar-refractivity contribution is -0.121. The molecule has 0 aliphatic carbocycles. The molecule has 0 saturated carbocycles. The number of benzene rings is 1. The van der Waals surface area contributed by atoms with Crippen molar-refractivity contribution < 1.29 is 4.79 Å². The van der Waals surface area contributed by atoms with Crippen LogP contribution in [0.25, 0.3) is 0 Å². The van der Waals surface area contributed by atoms with Crippen LogP contribution >= 0.6 is 0 Å². The molecule has 1 atom stereocenters. The number of hydrogen-bond acceptors (Lipinski definition) is 1. The van der Waals surface area contributed by atoms with Crippen molar-refractivity contribution in [1.82, 2.24) is 5.32 Å². The molecule has 1 aromatic carbocycles. The molecule has 1 aromatic rings. The topological polar surface area (TPSA) is 29.1 Å². The van der Waals surface area contributed by atoms with Gasteiger partial charge in [-0.3, -0.25) is 4.79 Å². The van der Waals surface area contributed by atoms with Gasteiger partial charge in [0.2, 0.25) is 5.91 Å². The quantitative estimate of drug-likeness (QED) is 0.877. The van der Waals surface area contributed by atoms with Gasteiger partial charge >= 0.3 is 0 Å². The zero-order chi connectivity index (χ0) is 14.7. The maximum Gasteiger partial charge on any atom is 0.220 e. The van der Waals surface area contributed by atoms with E-state index in [1.54, 1.807) is 7.05 Å². The highest BCUT2D eigenvalue weighted by molar-refractivity contribution is 5.76. The van der Waals surface area contributed by atoms with E-state index in [9.17, 15) is 4.79 Å². The molecule has 0 aliphatic heterocycles. The van der Waals surface area contributed by atoms with Gasteiger partial charge in [-0.15, -0.1) is 0 Å². The predicted molar refractivity (Wildman–Crippen MR) is 81.7 cm³/mol. The Hall–Kier alpha value is -1.31. The molecular formula is C17H27NO. The molecule has 2 nitrogen and oxygen atoms in total. The van der Waals surface area contributed by atoms with Gasteiger partial charge in [-0.2, -0.15) is 0 Å². The van der Waals surface area contributed by atoms with Crippen LogP contribution in [0.5, 0.6) is 0 Å². The molecule has 0 spiro atoms. The maximum absolute atomic E-state index is 11.8. The van der Waals surface area contributed by atoms with Crippen molar-refractivity contribution in [2.45, 2.75) is 53.9 Å². The Morgan fingerprint density at radius 2 is 1.58 bits per heavy atom. The molecule has 0 radical (unpaired) electrons. The minimum atomic E-state index is 0.122. The fourth-order valence-electron chi connectivity index (χ4n) is 2.78. The molecule has 0 bridgehead atoms. The first-order valence-corrected chi connectivity index (χ1v) is 7.07. The lowest BCUT2D eigenvalue weighted by Gasteiger charge is -2.26. The highest BCUT2D eigenvalue weighted by Crippen LogP contribution is 2.35. The summed E-state index contributed by atoms with van der Waals surface area (Å²) in [5.74, 6) is 0.867. The number of hydrogen-bond donors (Lipinski definition) is 1. The smallest absolute Gasteiger partial charge is 0.220 e. The van der Waals surface area contributed by atoms with Gasteiger partial charge in [0, 0.05) is 13.5 Å². The van der Waals surface area contributed by atoms with E-state index in [4.69, 9.17) is 0 Å². The molecule has 0 saturated heterocycles. The van der Waals surface area contributed by atoms with E-state index in [2.05, 4.69) is 52.9 Å². The van der Waals surface area contributed by atoms with Gasteiger partial charge in [-0.1, -0.05) is 19.9 Å². The van der Waals surface area contributed by atoms with Gasteiger partial charge in [0.05, 0.1) is 0 Å². The SMILES string of the molecule is CNC(=O)CC(c1c(C)c(C)cc(C)c1C)C(C)C. The van der Waals surface area contributed by atoms with Crippen LogP contribution in [0.4, 0.5) is 0 Å². The van der Waals surface area contributed by atoms with Crippen molar-refractivity contribution in [3.8, 4) is 0 Å². The summed E-state index contributed by atoms with van der Waals surface area (Å²) < 4.78 is 0. The first kappa shape index (κ1) is 15.7. The second-order valence-electron chi connectivity index (χ2n) is 5.90. The summed E-state index contributed by atoms with van der Waals surface area (Å²) in [5, 5.41) is 2.75. The van der Waals surface area contributed by atoms with E-state index in [1.165, 1.54) is 27.8 Å². The summed E-state index contributed by atoms with van der Waals surface area (Å²) in [6, 6.07) is 2.24. The monoisotopic (exact) mass is 261 g/mol. The zero-order valence-corrected chi connectivity index (χ0v) is 13.3. The lowest BCUT2D eigenvalue weighted by atomic mass is 9.78. The van der Waals surface area contributed by atoms with E-state index >= 15 is 0 Å². The lowest BCUT2D eigenvalue weighted by Crippen LogP contribution is -2.23. The maximum atomic E-state index is 11.8. The van der Waals surface area contributed by atoms with Crippen molar-refractivity contribution >= 4 is 5.91 Å². The fourth-order valence-corrected chi connectivity index (χ4v) is 2.78. The third-order valence-corrected chi connectivity index (χ3v) is 4.28. The summed E-state index contributed by atoms with van der Waals surface area (Å²) in [6.45, 7) is 13.1. The number of amides is 1. The molecule has 0 aromatic heterocycles. The average molecular weight is 261 g/mol. The van der Waals surface area contributed by atoms with Gasteiger partial charge in [0.25, 0.3) is 0 Å². The van der Waals surface area contributed by atoms with Crippen LogP contribution in [-0.2, 0) is 4.79 Å². The van der Waals surface area contributed by atoms with Crippen LogP contribution in [0.15, 0.2) is 6.07 Å². The van der Waals surface area contributed by atoms with Crippen LogP contribution in [0.3, 0.4) is 0 Å².